The molecule has 0 spiro atoms. The second-order valence-corrected chi connectivity index (χ2v) is 4.80. The van der Waals surface area contributed by atoms with Crippen LogP contribution in [0.5, 0.6) is 0 Å². The minimum absolute atomic E-state index is 0.578. The molecule has 3 heteroatoms. The van der Waals surface area contributed by atoms with Crippen LogP contribution in [0.15, 0.2) is 48.5 Å². The number of benzene rings is 2. The van der Waals surface area contributed by atoms with Gasteiger partial charge < -0.3 is 10.8 Å². The summed E-state index contributed by atoms with van der Waals surface area (Å²) in [5.74, 6) is -1.05. The zero-order chi connectivity index (χ0) is 14.0. The third kappa shape index (κ3) is 2.25. The summed E-state index contributed by atoms with van der Waals surface area (Å²) in [7, 11) is 0. The molecule has 0 bridgehead atoms. The molecule has 19 heavy (non-hydrogen) atoms. The Morgan fingerprint density at radius 3 is 2.26 bits per heavy atom. The van der Waals surface area contributed by atoms with E-state index in [2.05, 4.69) is 0 Å². The van der Waals surface area contributed by atoms with Crippen LogP contribution in [0, 0.1) is 13.8 Å². The molecule has 2 rings (SSSR count). The molecule has 0 aliphatic rings. The zero-order valence-electron chi connectivity index (χ0n) is 11.1. The molecule has 3 N–H and O–H groups in total. The topological polar surface area (TPSA) is 63.3 Å². The fourth-order valence-corrected chi connectivity index (χ4v) is 2.35. The highest BCUT2D eigenvalue weighted by molar-refractivity contribution is 5.85. The Morgan fingerprint density at radius 2 is 1.74 bits per heavy atom. The number of carbonyl (C=O) groups is 1. The molecule has 0 aromatic heterocycles. The van der Waals surface area contributed by atoms with Gasteiger partial charge in [-0.1, -0.05) is 54.1 Å². The van der Waals surface area contributed by atoms with Crippen molar-refractivity contribution >= 4 is 5.97 Å². The highest BCUT2D eigenvalue weighted by atomic mass is 16.4. The van der Waals surface area contributed by atoms with Gasteiger partial charge in [0.2, 0.25) is 0 Å². The van der Waals surface area contributed by atoms with E-state index in [1.54, 1.807) is 30.3 Å². The highest BCUT2D eigenvalue weighted by Gasteiger charge is 2.39. The van der Waals surface area contributed by atoms with Gasteiger partial charge in [-0.2, -0.15) is 0 Å². The number of hydrogen-bond donors (Lipinski definition) is 2. The van der Waals surface area contributed by atoms with E-state index in [0.29, 0.717) is 11.1 Å². The molecule has 0 saturated heterocycles. The summed E-state index contributed by atoms with van der Waals surface area (Å²) >= 11 is 0. The third-order valence-electron chi connectivity index (χ3n) is 3.37. The minimum Gasteiger partial charge on any atom is -0.479 e. The van der Waals surface area contributed by atoms with E-state index in [9.17, 15) is 9.90 Å². The summed E-state index contributed by atoms with van der Waals surface area (Å²) < 4.78 is 0. The number of carboxylic acid groups (broad SMARTS) is 1. The van der Waals surface area contributed by atoms with E-state index in [4.69, 9.17) is 5.73 Å². The first-order valence-electron chi connectivity index (χ1n) is 6.12. The van der Waals surface area contributed by atoms with E-state index in [1.165, 1.54) is 0 Å². The number of rotatable bonds is 3. The van der Waals surface area contributed by atoms with Gasteiger partial charge in [0.05, 0.1) is 0 Å². The lowest BCUT2D eigenvalue weighted by molar-refractivity contribution is -0.142. The molecule has 1 atom stereocenters. The Labute approximate surface area is 112 Å². The van der Waals surface area contributed by atoms with Crippen LogP contribution in [0.1, 0.15) is 22.3 Å². The van der Waals surface area contributed by atoms with E-state index in [0.717, 1.165) is 11.1 Å². The molecule has 0 amide bonds. The summed E-state index contributed by atoms with van der Waals surface area (Å²) in [6, 6.07) is 14.5. The molecule has 0 fully saturated rings. The van der Waals surface area contributed by atoms with Crippen LogP contribution in [0.3, 0.4) is 0 Å². The van der Waals surface area contributed by atoms with Crippen molar-refractivity contribution in [3.8, 4) is 0 Å². The van der Waals surface area contributed by atoms with Crippen molar-refractivity contribution in [3.63, 3.8) is 0 Å². The van der Waals surface area contributed by atoms with E-state index in [-0.39, 0.29) is 0 Å². The van der Waals surface area contributed by atoms with Gasteiger partial charge in [0.25, 0.3) is 0 Å². The largest absolute Gasteiger partial charge is 0.479 e. The summed E-state index contributed by atoms with van der Waals surface area (Å²) in [5, 5.41) is 9.61. The van der Waals surface area contributed by atoms with E-state index >= 15 is 0 Å². The molecule has 0 saturated carbocycles. The Balaban J connectivity index is 2.67. The quantitative estimate of drug-likeness (QED) is 0.886. The summed E-state index contributed by atoms with van der Waals surface area (Å²) in [5.41, 5.74) is 7.89. The molecule has 2 aromatic rings. The van der Waals surface area contributed by atoms with Crippen LogP contribution in [0.4, 0.5) is 0 Å². The predicted molar refractivity (Wildman–Crippen MR) is 75.0 cm³/mol. The van der Waals surface area contributed by atoms with E-state index in [1.807, 2.05) is 32.0 Å². The number of hydrogen-bond acceptors (Lipinski definition) is 2. The Morgan fingerprint density at radius 1 is 1.11 bits per heavy atom. The maximum absolute atomic E-state index is 11.7. The third-order valence-corrected chi connectivity index (χ3v) is 3.37. The van der Waals surface area contributed by atoms with Gasteiger partial charge in [-0.3, -0.25) is 0 Å². The molecule has 0 radical (unpaired) electrons. The molecule has 3 nitrogen and oxygen atoms in total. The Kier molecular flexibility index (Phi) is 3.40. The lowest BCUT2D eigenvalue weighted by atomic mass is 9.81. The first-order valence-corrected chi connectivity index (χ1v) is 6.12. The van der Waals surface area contributed by atoms with Gasteiger partial charge in [-0.05, 0) is 30.5 Å². The van der Waals surface area contributed by atoms with Gasteiger partial charge in [0.15, 0.2) is 5.54 Å². The molecular formula is C16H17NO2. The highest BCUT2D eigenvalue weighted by Crippen LogP contribution is 2.30. The molecule has 0 aliphatic carbocycles. The van der Waals surface area contributed by atoms with Crippen molar-refractivity contribution in [2.24, 2.45) is 5.73 Å². The van der Waals surface area contributed by atoms with Crippen LogP contribution in [0.25, 0.3) is 0 Å². The zero-order valence-corrected chi connectivity index (χ0v) is 11.1. The van der Waals surface area contributed by atoms with Crippen LogP contribution in [-0.4, -0.2) is 11.1 Å². The van der Waals surface area contributed by atoms with Crippen LogP contribution in [0.2, 0.25) is 0 Å². The molecule has 98 valence electrons. The summed E-state index contributed by atoms with van der Waals surface area (Å²) in [6.07, 6.45) is 0. The monoisotopic (exact) mass is 255 g/mol. The number of aryl methyl sites for hydroxylation is 2. The van der Waals surface area contributed by atoms with Crippen LogP contribution in [-0.2, 0) is 10.3 Å². The molecule has 0 heterocycles. The number of aliphatic carboxylic acids is 1. The molecular weight excluding hydrogens is 238 g/mol. The molecule has 1 unspecified atom stereocenters. The first-order chi connectivity index (χ1) is 8.96. The minimum atomic E-state index is -1.51. The second-order valence-electron chi connectivity index (χ2n) is 4.80. The lowest BCUT2D eigenvalue weighted by Crippen LogP contribution is -2.46. The van der Waals surface area contributed by atoms with Crippen molar-refractivity contribution in [1.82, 2.24) is 0 Å². The lowest BCUT2D eigenvalue weighted by Gasteiger charge is -2.27. The number of carboxylic acids is 1. The average molecular weight is 255 g/mol. The van der Waals surface area contributed by atoms with Gasteiger partial charge in [0, 0.05) is 0 Å². The van der Waals surface area contributed by atoms with Crippen LogP contribution < -0.4 is 5.73 Å². The molecule has 0 aliphatic heterocycles. The normalized spacial score (nSPS) is 13.8. The van der Waals surface area contributed by atoms with E-state index < -0.39 is 11.5 Å². The number of nitrogens with two attached hydrogens (primary N) is 1. The maximum Gasteiger partial charge on any atom is 0.333 e. The fourth-order valence-electron chi connectivity index (χ4n) is 2.35. The van der Waals surface area contributed by atoms with Gasteiger partial charge >= 0.3 is 5.97 Å². The van der Waals surface area contributed by atoms with Crippen molar-refractivity contribution < 1.29 is 9.90 Å². The molecule has 2 aromatic carbocycles. The Hall–Kier alpha value is -2.13. The van der Waals surface area contributed by atoms with Crippen molar-refractivity contribution in [1.29, 1.82) is 0 Å². The fraction of sp³-hybridized carbons (Fsp3) is 0.188. The second kappa shape index (κ2) is 4.86. The van der Waals surface area contributed by atoms with Crippen molar-refractivity contribution in [3.05, 3.63) is 70.8 Å². The van der Waals surface area contributed by atoms with Gasteiger partial charge in [0.1, 0.15) is 0 Å². The Bertz CT molecular complexity index is 607. The van der Waals surface area contributed by atoms with Crippen LogP contribution >= 0.6 is 0 Å². The predicted octanol–water partition coefficient (Wildman–Crippen LogP) is 2.59. The first kappa shape index (κ1) is 13.3. The van der Waals surface area contributed by atoms with Crippen molar-refractivity contribution in [2.45, 2.75) is 19.4 Å². The van der Waals surface area contributed by atoms with Crippen molar-refractivity contribution in [2.75, 3.05) is 0 Å². The smallest absolute Gasteiger partial charge is 0.333 e. The van der Waals surface area contributed by atoms with Gasteiger partial charge in [-0.25, -0.2) is 4.79 Å². The van der Waals surface area contributed by atoms with Gasteiger partial charge in [-0.15, -0.1) is 0 Å². The SMILES string of the molecule is Cc1ccc(C(N)(C(=O)O)c2ccccc2)c(C)c1. The summed E-state index contributed by atoms with van der Waals surface area (Å²) in [6.45, 7) is 3.86. The summed E-state index contributed by atoms with van der Waals surface area (Å²) in [4.78, 5) is 11.7. The maximum atomic E-state index is 11.7. The standard InChI is InChI=1S/C16H17NO2/c1-11-8-9-14(12(2)10-11)16(17,15(18)19)13-6-4-3-5-7-13/h3-10H,17H2,1-2H3,(H,18,19). The average Bonchev–Trinajstić information content (AvgIpc) is 2.38.